The molecule has 0 saturated carbocycles. The van der Waals surface area contributed by atoms with Crippen molar-refractivity contribution in [3.05, 3.63) is 83.9 Å². The minimum Gasteiger partial charge on any atom is -0.508 e. The molecule has 6 nitrogen and oxygen atoms in total. The quantitative estimate of drug-likeness (QED) is 0.227. The fourth-order valence-corrected chi connectivity index (χ4v) is 3.58. The summed E-state index contributed by atoms with van der Waals surface area (Å²) in [6.07, 6.45) is 5.04. The lowest BCUT2D eigenvalue weighted by atomic mass is 10.1. The standard InChI is InChI=1S/C28H31NO5/c1-33-27(31)13-4-2-3-9-23(28(32)29-19-18-21-14-16-24(30)17-15-21)20-34-26-12-7-10-22-8-5-6-11-25(22)26/h5-12,14-17,30H,2-4,13,18-20H2,1H3,(H,29,32)/b23-9+. The number of phenols is 1. The average molecular weight is 462 g/mol. The summed E-state index contributed by atoms with van der Waals surface area (Å²) in [5, 5.41) is 14.4. The van der Waals surface area contributed by atoms with Crippen molar-refractivity contribution < 1.29 is 24.2 Å². The number of fused-ring (bicyclic) bond motifs is 1. The number of hydrogen-bond donors (Lipinski definition) is 2. The molecule has 0 bridgehead atoms. The van der Waals surface area contributed by atoms with Crippen molar-refractivity contribution in [3.63, 3.8) is 0 Å². The smallest absolute Gasteiger partial charge is 0.305 e. The van der Waals surface area contributed by atoms with Gasteiger partial charge in [0.1, 0.15) is 18.1 Å². The number of carbonyl (C=O) groups is 2. The van der Waals surface area contributed by atoms with Crippen molar-refractivity contribution in [2.75, 3.05) is 20.3 Å². The van der Waals surface area contributed by atoms with Crippen LogP contribution in [-0.4, -0.2) is 37.2 Å². The van der Waals surface area contributed by atoms with Gasteiger partial charge in [0.25, 0.3) is 0 Å². The van der Waals surface area contributed by atoms with Crippen LogP contribution >= 0.6 is 0 Å². The number of hydrogen-bond acceptors (Lipinski definition) is 5. The second-order valence-electron chi connectivity index (χ2n) is 7.99. The normalized spacial score (nSPS) is 11.3. The summed E-state index contributed by atoms with van der Waals surface area (Å²) < 4.78 is 10.7. The fraction of sp³-hybridized carbons (Fsp3) is 0.286. The van der Waals surface area contributed by atoms with Gasteiger partial charge in [0.2, 0.25) is 5.91 Å². The third kappa shape index (κ3) is 7.66. The van der Waals surface area contributed by atoms with Crippen LogP contribution in [0.1, 0.15) is 31.2 Å². The summed E-state index contributed by atoms with van der Waals surface area (Å²) in [6.45, 7) is 0.619. The highest BCUT2D eigenvalue weighted by molar-refractivity contribution is 5.94. The number of unbranched alkanes of at least 4 members (excludes halogenated alkanes) is 2. The predicted molar refractivity (Wildman–Crippen MR) is 133 cm³/mol. The number of nitrogens with one attached hydrogen (secondary N) is 1. The second-order valence-corrected chi connectivity index (χ2v) is 7.99. The van der Waals surface area contributed by atoms with E-state index in [0.29, 0.717) is 37.8 Å². The van der Waals surface area contributed by atoms with Crippen LogP contribution in [-0.2, 0) is 20.7 Å². The SMILES string of the molecule is COC(=O)CCCC/C=C(\COc1cccc2ccccc12)C(=O)NCCc1ccc(O)cc1. The first-order valence-electron chi connectivity index (χ1n) is 11.5. The number of carbonyl (C=O) groups excluding carboxylic acids is 2. The molecule has 6 heteroatoms. The maximum Gasteiger partial charge on any atom is 0.305 e. The largest absolute Gasteiger partial charge is 0.508 e. The number of benzene rings is 3. The molecule has 34 heavy (non-hydrogen) atoms. The van der Waals surface area contributed by atoms with Crippen molar-refractivity contribution in [1.82, 2.24) is 5.32 Å². The number of amides is 1. The molecule has 3 rings (SSSR count). The molecule has 0 radical (unpaired) electrons. The Kier molecular flexibility index (Phi) is 9.52. The third-order valence-corrected chi connectivity index (χ3v) is 5.51. The number of rotatable bonds is 12. The number of phenolic OH excluding ortho intramolecular Hbond substituents is 1. The molecule has 0 fully saturated rings. The van der Waals surface area contributed by atoms with Crippen molar-refractivity contribution in [2.45, 2.75) is 32.1 Å². The zero-order valence-electron chi connectivity index (χ0n) is 19.5. The van der Waals surface area contributed by atoms with Gasteiger partial charge in [-0.3, -0.25) is 9.59 Å². The molecular weight excluding hydrogens is 430 g/mol. The first kappa shape index (κ1) is 24.8. The van der Waals surface area contributed by atoms with Gasteiger partial charge >= 0.3 is 5.97 Å². The van der Waals surface area contributed by atoms with Crippen LogP contribution in [0.5, 0.6) is 11.5 Å². The Labute approximate surface area is 200 Å². The van der Waals surface area contributed by atoms with Crippen LogP contribution in [0, 0.1) is 0 Å². The van der Waals surface area contributed by atoms with E-state index in [1.54, 1.807) is 12.1 Å². The summed E-state index contributed by atoms with van der Waals surface area (Å²) in [6, 6.07) is 20.8. The molecule has 3 aromatic carbocycles. The monoisotopic (exact) mass is 461 g/mol. The van der Waals surface area contributed by atoms with E-state index in [0.717, 1.165) is 28.5 Å². The third-order valence-electron chi connectivity index (χ3n) is 5.51. The van der Waals surface area contributed by atoms with Crippen LogP contribution < -0.4 is 10.1 Å². The second kappa shape index (κ2) is 13.0. The van der Waals surface area contributed by atoms with Gasteiger partial charge in [-0.25, -0.2) is 0 Å². The Hall–Kier alpha value is -3.80. The fourth-order valence-electron chi connectivity index (χ4n) is 3.58. The Balaban J connectivity index is 1.61. The van der Waals surface area contributed by atoms with E-state index in [1.807, 2.05) is 60.7 Å². The highest BCUT2D eigenvalue weighted by atomic mass is 16.5. The summed E-state index contributed by atoms with van der Waals surface area (Å²) in [4.78, 5) is 24.2. The number of allylic oxidation sites excluding steroid dienone is 1. The number of methoxy groups -OCH3 is 1. The van der Waals surface area contributed by atoms with Crippen molar-refractivity contribution in [2.24, 2.45) is 0 Å². The lowest BCUT2D eigenvalue weighted by Gasteiger charge is -2.13. The van der Waals surface area contributed by atoms with Gasteiger partial charge in [-0.15, -0.1) is 0 Å². The molecule has 3 aromatic rings. The Morgan fingerprint density at radius 2 is 1.74 bits per heavy atom. The molecule has 1 amide bonds. The topological polar surface area (TPSA) is 84.9 Å². The van der Waals surface area contributed by atoms with E-state index in [-0.39, 0.29) is 24.2 Å². The number of ether oxygens (including phenoxy) is 2. The minimum atomic E-state index is -0.226. The summed E-state index contributed by atoms with van der Waals surface area (Å²) in [5.74, 6) is 0.546. The molecule has 0 heterocycles. The zero-order valence-corrected chi connectivity index (χ0v) is 19.5. The average Bonchev–Trinajstić information content (AvgIpc) is 2.86. The Bertz CT molecular complexity index is 1120. The molecule has 0 aliphatic carbocycles. The molecule has 0 atom stereocenters. The maximum atomic E-state index is 12.9. The number of aromatic hydroxyl groups is 1. The lowest BCUT2D eigenvalue weighted by Crippen LogP contribution is -2.29. The van der Waals surface area contributed by atoms with Gasteiger partial charge in [-0.1, -0.05) is 54.6 Å². The molecule has 2 N–H and O–H groups in total. The zero-order chi connectivity index (χ0) is 24.2. The van der Waals surface area contributed by atoms with Gasteiger partial charge in [0, 0.05) is 18.4 Å². The predicted octanol–water partition coefficient (Wildman–Crippen LogP) is 4.94. The van der Waals surface area contributed by atoms with Crippen molar-refractivity contribution in [3.8, 4) is 11.5 Å². The van der Waals surface area contributed by atoms with Crippen molar-refractivity contribution >= 4 is 22.6 Å². The first-order chi connectivity index (χ1) is 16.6. The van der Waals surface area contributed by atoms with Crippen LogP contribution in [0.3, 0.4) is 0 Å². The van der Waals surface area contributed by atoms with E-state index in [9.17, 15) is 14.7 Å². The molecule has 0 aliphatic rings. The van der Waals surface area contributed by atoms with E-state index in [4.69, 9.17) is 4.74 Å². The van der Waals surface area contributed by atoms with Gasteiger partial charge in [0.15, 0.2) is 0 Å². The molecule has 178 valence electrons. The van der Waals surface area contributed by atoms with Gasteiger partial charge in [-0.2, -0.15) is 0 Å². The summed E-state index contributed by atoms with van der Waals surface area (Å²) in [7, 11) is 1.38. The molecule has 0 aliphatic heterocycles. The maximum absolute atomic E-state index is 12.9. The van der Waals surface area contributed by atoms with Gasteiger partial charge in [-0.05, 0) is 54.8 Å². The number of esters is 1. The summed E-state index contributed by atoms with van der Waals surface area (Å²) >= 11 is 0. The van der Waals surface area contributed by atoms with E-state index in [2.05, 4.69) is 10.1 Å². The van der Waals surface area contributed by atoms with Crippen LogP contribution in [0.2, 0.25) is 0 Å². The lowest BCUT2D eigenvalue weighted by molar-refractivity contribution is -0.140. The Morgan fingerprint density at radius 1 is 0.971 bits per heavy atom. The van der Waals surface area contributed by atoms with E-state index >= 15 is 0 Å². The molecule has 0 saturated heterocycles. The highest BCUT2D eigenvalue weighted by Crippen LogP contribution is 2.25. The summed E-state index contributed by atoms with van der Waals surface area (Å²) in [5.41, 5.74) is 1.58. The minimum absolute atomic E-state index is 0.149. The first-order valence-corrected chi connectivity index (χ1v) is 11.5. The molecule has 0 spiro atoms. The van der Waals surface area contributed by atoms with E-state index in [1.165, 1.54) is 7.11 Å². The van der Waals surface area contributed by atoms with Crippen LogP contribution in [0.15, 0.2) is 78.4 Å². The van der Waals surface area contributed by atoms with Gasteiger partial charge < -0.3 is 19.9 Å². The molecule has 0 unspecified atom stereocenters. The van der Waals surface area contributed by atoms with Crippen LogP contribution in [0.4, 0.5) is 0 Å². The molecular formula is C28H31NO5. The van der Waals surface area contributed by atoms with Gasteiger partial charge in [0.05, 0.1) is 12.7 Å². The van der Waals surface area contributed by atoms with E-state index < -0.39 is 0 Å². The molecule has 0 aromatic heterocycles. The van der Waals surface area contributed by atoms with Crippen LogP contribution in [0.25, 0.3) is 10.8 Å². The highest BCUT2D eigenvalue weighted by Gasteiger charge is 2.11. The van der Waals surface area contributed by atoms with Crippen molar-refractivity contribution in [1.29, 1.82) is 0 Å². The Morgan fingerprint density at radius 3 is 2.53 bits per heavy atom.